The van der Waals surface area contributed by atoms with E-state index in [0.717, 1.165) is 35.4 Å². The minimum absolute atomic E-state index is 0.620. The summed E-state index contributed by atoms with van der Waals surface area (Å²) >= 11 is 0. The molecule has 0 bridgehead atoms. The third-order valence-corrected chi connectivity index (χ3v) is 3.95. The van der Waals surface area contributed by atoms with Gasteiger partial charge in [0.1, 0.15) is 0 Å². The van der Waals surface area contributed by atoms with Gasteiger partial charge in [0.15, 0.2) is 6.29 Å². The van der Waals surface area contributed by atoms with E-state index in [1.807, 2.05) is 19.1 Å². The summed E-state index contributed by atoms with van der Waals surface area (Å²) in [6.07, 6.45) is 3.71. The smallest absolute Gasteiger partial charge is 0.150 e. The van der Waals surface area contributed by atoms with Crippen molar-refractivity contribution in [3.05, 3.63) is 34.9 Å². The molecule has 1 aromatic carbocycles. The van der Waals surface area contributed by atoms with Crippen LogP contribution >= 0.6 is 0 Å². The molecule has 0 N–H and O–H groups in total. The normalized spacial score (nSPS) is 17.2. The fourth-order valence-electron chi connectivity index (χ4n) is 2.40. The molecule has 1 aliphatic carbocycles. The zero-order valence-corrected chi connectivity index (χ0v) is 10.9. The summed E-state index contributed by atoms with van der Waals surface area (Å²) in [6, 6.07) is 6.72. The van der Waals surface area contributed by atoms with Gasteiger partial charge in [0, 0.05) is 18.2 Å². The first-order valence-corrected chi connectivity index (χ1v) is 6.37. The molecule has 0 spiro atoms. The largest absolute Gasteiger partial charge is 0.299 e. The number of benzene rings is 1. The first-order valence-electron chi connectivity index (χ1n) is 6.37. The highest BCUT2D eigenvalue weighted by Gasteiger charge is 2.30. The van der Waals surface area contributed by atoms with Gasteiger partial charge in [-0.05, 0) is 50.8 Å². The highest BCUT2D eigenvalue weighted by Crippen LogP contribution is 2.35. The Morgan fingerprint density at radius 2 is 2.18 bits per heavy atom. The predicted octanol–water partition coefficient (Wildman–Crippen LogP) is 3.04. The molecule has 0 aromatic heterocycles. The SMILES string of the molecule is Cc1cccc(CN(C)C(C)C2CC2)c1C=O. The van der Waals surface area contributed by atoms with Crippen LogP contribution in [-0.2, 0) is 6.54 Å². The average molecular weight is 231 g/mol. The van der Waals surface area contributed by atoms with Crippen LogP contribution in [0.4, 0.5) is 0 Å². The molecule has 1 atom stereocenters. The maximum absolute atomic E-state index is 11.1. The zero-order valence-electron chi connectivity index (χ0n) is 10.9. The topological polar surface area (TPSA) is 20.3 Å². The second-order valence-electron chi connectivity index (χ2n) is 5.26. The Hall–Kier alpha value is -1.15. The Morgan fingerprint density at radius 1 is 1.47 bits per heavy atom. The molecule has 0 radical (unpaired) electrons. The van der Waals surface area contributed by atoms with E-state index >= 15 is 0 Å². The fraction of sp³-hybridized carbons (Fsp3) is 0.533. The summed E-state index contributed by atoms with van der Waals surface area (Å²) < 4.78 is 0. The second kappa shape index (κ2) is 5.01. The lowest BCUT2D eigenvalue weighted by molar-refractivity contribution is 0.112. The standard InChI is InChI=1S/C15H21NO/c1-11-5-4-6-14(15(11)10-17)9-16(3)12(2)13-7-8-13/h4-6,10,12-13H,7-9H2,1-3H3. The molecule has 0 aliphatic heterocycles. The molecule has 1 saturated carbocycles. The van der Waals surface area contributed by atoms with Crippen molar-refractivity contribution < 1.29 is 4.79 Å². The Morgan fingerprint density at radius 3 is 2.76 bits per heavy atom. The summed E-state index contributed by atoms with van der Waals surface area (Å²) in [5, 5.41) is 0. The van der Waals surface area contributed by atoms with E-state index < -0.39 is 0 Å². The molecular weight excluding hydrogens is 210 g/mol. The lowest BCUT2D eigenvalue weighted by Crippen LogP contribution is -2.30. The molecule has 1 aliphatic rings. The number of nitrogens with zero attached hydrogens (tertiary/aromatic N) is 1. The molecule has 1 fully saturated rings. The van der Waals surface area contributed by atoms with Gasteiger partial charge in [-0.15, -0.1) is 0 Å². The van der Waals surface area contributed by atoms with Crippen molar-refractivity contribution >= 4 is 6.29 Å². The molecule has 0 amide bonds. The molecule has 2 nitrogen and oxygen atoms in total. The summed E-state index contributed by atoms with van der Waals surface area (Å²) in [6.45, 7) is 5.15. The summed E-state index contributed by atoms with van der Waals surface area (Å²) in [7, 11) is 2.15. The molecular formula is C15H21NO. The maximum Gasteiger partial charge on any atom is 0.150 e. The van der Waals surface area contributed by atoms with Crippen LogP contribution in [0.5, 0.6) is 0 Å². The Bertz CT molecular complexity index is 409. The predicted molar refractivity (Wildman–Crippen MR) is 70.2 cm³/mol. The van der Waals surface area contributed by atoms with Crippen molar-refractivity contribution in [2.24, 2.45) is 5.92 Å². The molecule has 2 heteroatoms. The minimum atomic E-state index is 0.620. The second-order valence-corrected chi connectivity index (χ2v) is 5.26. The van der Waals surface area contributed by atoms with Gasteiger partial charge in [-0.2, -0.15) is 0 Å². The molecule has 1 aromatic rings. The zero-order chi connectivity index (χ0) is 12.4. The maximum atomic E-state index is 11.1. The number of aryl methyl sites for hydroxylation is 1. The molecule has 0 saturated heterocycles. The van der Waals surface area contributed by atoms with E-state index in [9.17, 15) is 4.79 Å². The van der Waals surface area contributed by atoms with E-state index in [1.165, 1.54) is 12.8 Å². The number of hydrogen-bond acceptors (Lipinski definition) is 2. The van der Waals surface area contributed by atoms with Crippen molar-refractivity contribution in [2.75, 3.05) is 7.05 Å². The summed E-state index contributed by atoms with van der Waals surface area (Å²) in [4.78, 5) is 13.5. The van der Waals surface area contributed by atoms with Gasteiger partial charge < -0.3 is 0 Å². The lowest BCUT2D eigenvalue weighted by Gasteiger charge is -2.25. The lowest BCUT2D eigenvalue weighted by atomic mass is 10.0. The van der Waals surface area contributed by atoms with E-state index in [1.54, 1.807) is 0 Å². The Kier molecular flexibility index (Phi) is 3.63. The first kappa shape index (κ1) is 12.3. The Balaban J connectivity index is 2.11. The minimum Gasteiger partial charge on any atom is -0.299 e. The molecule has 17 heavy (non-hydrogen) atoms. The molecule has 0 heterocycles. The van der Waals surface area contributed by atoms with Gasteiger partial charge in [0.25, 0.3) is 0 Å². The van der Waals surface area contributed by atoms with E-state index in [4.69, 9.17) is 0 Å². The summed E-state index contributed by atoms with van der Waals surface area (Å²) in [5.41, 5.74) is 3.09. The van der Waals surface area contributed by atoms with E-state index in [2.05, 4.69) is 24.9 Å². The van der Waals surface area contributed by atoms with Crippen molar-refractivity contribution in [3.63, 3.8) is 0 Å². The van der Waals surface area contributed by atoms with Gasteiger partial charge in [-0.1, -0.05) is 18.2 Å². The highest BCUT2D eigenvalue weighted by molar-refractivity contribution is 5.79. The van der Waals surface area contributed by atoms with Crippen molar-refractivity contribution in [3.8, 4) is 0 Å². The molecule has 2 rings (SSSR count). The van der Waals surface area contributed by atoms with Crippen LogP contribution in [0.3, 0.4) is 0 Å². The Labute approximate surface area is 104 Å². The third-order valence-electron chi connectivity index (χ3n) is 3.95. The van der Waals surface area contributed by atoms with Crippen LogP contribution in [0.2, 0.25) is 0 Å². The number of aldehydes is 1. The monoisotopic (exact) mass is 231 g/mol. The fourth-order valence-corrected chi connectivity index (χ4v) is 2.40. The molecule has 92 valence electrons. The quantitative estimate of drug-likeness (QED) is 0.726. The number of hydrogen-bond donors (Lipinski definition) is 0. The van der Waals surface area contributed by atoms with Crippen molar-refractivity contribution in [2.45, 2.75) is 39.3 Å². The van der Waals surface area contributed by atoms with Gasteiger partial charge in [-0.3, -0.25) is 9.69 Å². The number of carbonyl (C=O) groups excluding carboxylic acids is 1. The number of rotatable bonds is 5. The van der Waals surface area contributed by atoms with Crippen LogP contribution < -0.4 is 0 Å². The van der Waals surface area contributed by atoms with E-state index in [-0.39, 0.29) is 0 Å². The van der Waals surface area contributed by atoms with Crippen LogP contribution in [0, 0.1) is 12.8 Å². The molecule has 1 unspecified atom stereocenters. The van der Waals surface area contributed by atoms with Crippen molar-refractivity contribution in [1.82, 2.24) is 4.90 Å². The van der Waals surface area contributed by atoms with Crippen LogP contribution in [-0.4, -0.2) is 24.3 Å². The van der Waals surface area contributed by atoms with Gasteiger partial charge in [0.05, 0.1) is 0 Å². The van der Waals surface area contributed by atoms with Gasteiger partial charge in [0.2, 0.25) is 0 Å². The number of carbonyl (C=O) groups is 1. The van der Waals surface area contributed by atoms with E-state index in [0.29, 0.717) is 6.04 Å². The van der Waals surface area contributed by atoms with Crippen LogP contribution in [0.15, 0.2) is 18.2 Å². The van der Waals surface area contributed by atoms with Gasteiger partial charge in [-0.25, -0.2) is 0 Å². The van der Waals surface area contributed by atoms with Crippen molar-refractivity contribution in [1.29, 1.82) is 0 Å². The van der Waals surface area contributed by atoms with Crippen LogP contribution in [0.1, 0.15) is 41.3 Å². The average Bonchev–Trinajstić information content (AvgIpc) is 3.12. The first-order chi connectivity index (χ1) is 8.13. The van der Waals surface area contributed by atoms with Gasteiger partial charge >= 0.3 is 0 Å². The highest BCUT2D eigenvalue weighted by atomic mass is 16.1. The van der Waals surface area contributed by atoms with Crippen LogP contribution in [0.25, 0.3) is 0 Å². The summed E-state index contributed by atoms with van der Waals surface area (Å²) in [5.74, 6) is 0.865. The third kappa shape index (κ3) is 2.75.